The van der Waals surface area contributed by atoms with Gasteiger partial charge in [-0.25, -0.2) is 0 Å². The summed E-state index contributed by atoms with van der Waals surface area (Å²) >= 11 is 0. The first-order valence-electron chi connectivity index (χ1n) is 9.29. The number of quaternary nitrogens is 1. The van der Waals surface area contributed by atoms with Crippen LogP contribution in [0, 0.1) is 0 Å². The second-order valence-electron chi connectivity index (χ2n) is 6.95. The van der Waals surface area contributed by atoms with Crippen molar-refractivity contribution >= 4 is 5.78 Å². The van der Waals surface area contributed by atoms with Gasteiger partial charge in [0.05, 0.1) is 19.6 Å². The zero-order chi connectivity index (χ0) is 16.6. The van der Waals surface area contributed by atoms with E-state index in [0.717, 1.165) is 24.3 Å². The van der Waals surface area contributed by atoms with E-state index in [9.17, 15) is 4.79 Å². The van der Waals surface area contributed by atoms with Gasteiger partial charge in [0.2, 0.25) is 0 Å². The molecule has 1 heterocycles. The summed E-state index contributed by atoms with van der Waals surface area (Å²) in [5.41, 5.74) is 2.36. The molecule has 2 aromatic carbocycles. The number of unbranched alkanes of at least 4 members (excludes halogenated alkanes) is 2. The maximum absolute atomic E-state index is 12.1. The Kier molecular flexibility index (Phi) is 8.17. The number of ketones is 1. The third-order valence-corrected chi connectivity index (χ3v) is 5.18. The van der Waals surface area contributed by atoms with Gasteiger partial charge in [-0.1, -0.05) is 60.7 Å². The minimum Gasteiger partial charge on any atom is -1.00 e. The van der Waals surface area contributed by atoms with Crippen molar-refractivity contribution in [3.8, 4) is 0 Å². The van der Waals surface area contributed by atoms with E-state index in [1.807, 2.05) is 30.3 Å². The number of hydrogen-bond donors (Lipinski definition) is 1. The predicted octanol–water partition coefficient (Wildman–Crippen LogP) is 0.506. The molecule has 2 aromatic rings. The fourth-order valence-corrected chi connectivity index (χ4v) is 3.77. The molecule has 2 atom stereocenters. The molecule has 0 radical (unpaired) electrons. The van der Waals surface area contributed by atoms with Crippen LogP contribution in [0.2, 0.25) is 0 Å². The molecule has 3 rings (SSSR count). The highest BCUT2D eigenvalue weighted by Crippen LogP contribution is 2.19. The molecule has 0 saturated carbocycles. The lowest BCUT2D eigenvalue weighted by atomic mass is 9.99. The number of nitrogens with one attached hydrogen (secondary N) is 1. The minimum absolute atomic E-state index is 0. The van der Waals surface area contributed by atoms with Crippen LogP contribution >= 0.6 is 0 Å². The molecule has 134 valence electrons. The summed E-state index contributed by atoms with van der Waals surface area (Å²) in [6, 6.07) is 20.6. The molecule has 1 aliphatic rings. The van der Waals surface area contributed by atoms with Gasteiger partial charge in [-0.2, -0.15) is 0 Å². The Labute approximate surface area is 157 Å². The van der Waals surface area contributed by atoms with E-state index in [4.69, 9.17) is 0 Å². The summed E-state index contributed by atoms with van der Waals surface area (Å²) in [6.07, 6.45) is 5.41. The van der Waals surface area contributed by atoms with Gasteiger partial charge in [0.1, 0.15) is 0 Å². The van der Waals surface area contributed by atoms with Crippen molar-refractivity contribution in [2.75, 3.05) is 19.6 Å². The maximum atomic E-state index is 12.1. The largest absolute Gasteiger partial charge is 1.00 e. The van der Waals surface area contributed by atoms with Gasteiger partial charge in [-0.15, -0.1) is 0 Å². The lowest BCUT2D eigenvalue weighted by Gasteiger charge is -2.13. The lowest BCUT2D eigenvalue weighted by molar-refractivity contribution is -0.888. The Hall–Kier alpha value is -1.64. The molecule has 1 saturated heterocycles. The Bertz CT molecular complexity index is 629. The highest BCUT2D eigenvalue weighted by molar-refractivity contribution is 5.95. The van der Waals surface area contributed by atoms with E-state index in [-0.39, 0.29) is 18.2 Å². The number of likely N-dealkylation sites (tertiary alicyclic amines) is 1. The summed E-state index contributed by atoms with van der Waals surface area (Å²) in [4.78, 5) is 13.8. The Morgan fingerprint density at radius 1 is 0.920 bits per heavy atom. The quantitative estimate of drug-likeness (QED) is 0.539. The van der Waals surface area contributed by atoms with Crippen LogP contribution in [0.5, 0.6) is 0 Å². The maximum Gasteiger partial charge on any atom is 0.162 e. The minimum atomic E-state index is 0. The molecule has 1 N–H and O–H groups in total. The number of rotatable bonds is 8. The van der Waals surface area contributed by atoms with E-state index < -0.39 is 0 Å². The van der Waals surface area contributed by atoms with Crippen molar-refractivity contribution in [2.45, 2.75) is 38.0 Å². The molecule has 2 nitrogen and oxygen atoms in total. The number of carbonyl (C=O) groups is 1. The topological polar surface area (TPSA) is 21.5 Å². The SMILES string of the molecule is O=C(CCCCC[NH+]1CCC(c2ccccc2)C1)c1ccccc1.[Cl-]. The van der Waals surface area contributed by atoms with Gasteiger partial charge < -0.3 is 17.3 Å². The first-order valence-corrected chi connectivity index (χ1v) is 9.29. The summed E-state index contributed by atoms with van der Waals surface area (Å²) in [5.74, 6) is 1.02. The van der Waals surface area contributed by atoms with Crippen LogP contribution in [0.4, 0.5) is 0 Å². The van der Waals surface area contributed by atoms with Gasteiger partial charge in [0, 0.05) is 24.3 Å². The average Bonchev–Trinajstić information content (AvgIpc) is 3.12. The summed E-state index contributed by atoms with van der Waals surface area (Å²) in [5, 5.41) is 0. The van der Waals surface area contributed by atoms with Crippen molar-refractivity contribution in [1.29, 1.82) is 0 Å². The van der Waals surface area contributed by atoms with E-state index in [2.05, 4.69) is 30.3 Å². The van der Waals surface area contributed by atoms with Crippen LogP contribution < -0.4 is 17.3 Å². The first kappa shape index (κ1) is 19.7. The van der Waals surface area contributed by atoms with Gasteiger partial charge in [-0.05, 0) is 24.8 Å². The zero-order valence-corrected chi connectivity index (χ0v) is 15.5. The first-order chi connectivity index (χ1) is 11.8. The number of Topliss-reactive ketones (excluding diaryl/α,β-unsaturated/α-hetero) is 1. The molecular weight excluding hydrogens is 330 g/mol. The highest BCUT2D eigenvalue weighted by atomic mass is 35.5. The van der Waals surface area contributed by atoms with E-state index in [1.165, 1.54) is 38.0 Å². The summed E-state index contributed by atoms with van der Waals surface area (Å²) in [7, 11) is 0. The number of benzene rings is 2. The zero-order valence-electron chi connectivity index (χ0n) is 14.8. The molecular formula is C22H28ClNO. The fourth-order valence-electron chi connectivity index (χ4n) is 3.77. The molecule has 0 amide bonds. The standard InChI is InChI=1S/C22H27NO.ClH/c24-22(20-12-6-2-7-13-20)14-8-3-9-16-23-17-15-21(18-23)19-10-4-1-5-11-19;/h1-2,4-7,10-13,21H,3,8-9,14-18H2;1H. The van der Waals surface area contributed by atoms with Crippen LogP contribution in [0.25, 0.3) is 0 Å². The van der Waals surface area contributed by atoms with Crippen LogP contribution in [0.1, 0.15) is 53.9 Å². The fraction of sp³-hybridized carbons (Fsp3) is 0.409. The molecule has 3 heteroatoms. The molecule has 2 unspecified atom stereocenters. The monoisotopic (exact) mass is 357 g/mol. The molecule has 1 fully saturated rings. The molecule has 0 bridgehead atoms. The molecule has 25 heavy (non-hydrogen) atoms. The number of carbonyl (C=O) groups excluding carboxylic acids is 1. The van der Waals surface area contributed by atoms with Crippen LogP contribution in [0.15, 0.2) is 60.7 Å². The summed E-state index contributed by atoms with van der Waals surface area (Å²) in [6.45, 7) is 3.82. The smallest absolute Gasteiger partial charge is 0.162 e. The summed E-state index contributed by atoms with van der Waals surface area (Å²) < 4.78 is 0. The number of halogens is 1. The second kappa shape index (κ2) is 10.4. The molecule has 1 aliphatic heterocycles. The van der Waals surface area contributed by atoms with Crippen LogP contribution in [0.3, 0.4) is 0 Å². The van der Waals surface area contributed by atoms with Crippen LogP contribution in [-0.2, 0) is 0 Å². The van der Waals surface area contributed by atoms with Gasteiger partial charge in [-0.3, -0.25) is 4.79 Å². The van der Waals surface area contributed by atoms with Crippen molar-refractivity contribution in [1.82, 2.24) is 0 Å². The van der Waals surface area contributed by atoms with Crippen molar-refractivity contribution < 1.29 is 22.1 Å². The van der Waals surface area contributed by atoms with Crippen molar-refractivity contribution in [3.05, 3.63) is 71.8 Å². The normalized spacial score (nSPS) is 19.4. The predicted molar refractivity (Wildman–Crippen MR) is 98.6 cm³/mol. The van der Waals surface area contributed by atoms with E-state index in [0.29, 0.717) is 6.42 Å². The van der Waals surface area contributed by atoms with E-state index in [1.54, 1.807) is 4.90 Å². The lowest BCUT2D eigenvalue weighted by Crippen LogP contribution is -3.10. The number of hydrogen-bond acceptors (Lipinski definition) is 1. The van der Waals surface area contributed by atoms with Gasteiger partial charge >= 0.3 is 0 Å². The highest BCUT2D eigenvalue weighted by Gasteiger charge is 2.26. The Morgan fingerprint density at radius 2 is 1.60 bits per heavy atom. The Balaban J connectivity index is 0.00000225. The van der Waals surface area contributed by atoms with Gasteiger partial charge in [0.15, 0.2) is 5.78 Å². The van der Waals surface area contributed by atoms with E-state index >= 15 is 0 Å². The molecule has 0 spiro atoms. The molecule has 0 aliphatic carbocycles. The second-order valence-corrected chi connectivity index (χ2v) is 6.95. The Morgan fingerprint density at radius 3 is 2.32 bits per heavy atom. The van der Waals surface area contributed by atoms with Crippen molar-refractivity contribution in [3.63, 3.8) is 0 Å². The molecule has 0 aromatic heterocycles. The third kappa shape index (κ3) is 5.98. The average molecular weight is 358 g/mol. The van der Waals surface area contributed by atoms with Crippen LogP contribution in [-0.4, -0.2) is 25.4 Å². The van der Waals surface area contributed by atoms with Gasteiger partial charge in [0.25, 0.3) is 0 Å². The third-order valence-electron chi connectivity index (χ3n) is 5.18. The van der Waals surface area contributed by atoms with Crippen molar-refractivity contribution in [2.24, 2.45) is 0 Å².